The molecule has 1 heterocycles. The van der Waals surface area contributed by atoms with Gasteiger partial charge in [0.1, 0.15) is 0 Å². The van der Waals surface area contributed by atoms with Crippen LogP contribution >= 0.6 is 11.6 Å². The maximum atomic E-state index is 5.98. The van der Waals surface area contributed by atoms with E-state index in [1.165, 1.54) is 0 Å². The van der Waals surface area contributed by atoms with Crippen molar-refractivity contribution in [3.8, 4) is 0 Å². The summed E-state index contributed by atoms with van der Waals surface area (Å²) in [5.41, 5.74) is 1.97. The molecule has 1 aromatic heterocycles. The highest BCUT2D eigenvalue weighted by atomic mass is 35.5. The fourth-order valence-corrected chi connectivity index (χ4v) is 1.38. The van der Waals surface area contributed by atoms with Gasteiger partial charge in [-0.1, -0.05) is 23.7 Å². The van der Waals surface area contributed by atoms with Gasteiger partial charge in [-0.3, -0.25) is 5.10 Å². The maximum absolute atomic E-state index is 5.98. The van der Waals surface area contributed by atoms with Crippen LogP contribution in [0.4, 0.5) is 5.69 Å². The van der Waals surface area contributed by atoms with Gasteiger partial charge in [0.15, 0.2) is 0 Å². The molecule has 2 rings (SSSR count). The average Bonchev–Trinajstić information content (AvgIpc) is 2.69. The lowest BCUT2D eigenvalue weighted by Crippen LogP contribution is -1.99. The number of H-pyrrole nitrogens is 1. The Morgan fingerprint density at radius 3 is 2.86 bits per heavy atom. The lowest BCUT2D eigenvalue weighted by Gasteiger charge is -2.05. The molecule has 0 amide bonds. The Bertz CT molecular complexity index is 398. The van der Waals surface area contributed by atoms with E-state index in [-0.39, 0.29) is 0 Å². The molecule has 0 atom stereocenters. The first kappa shape index (κ1) is 9.09. The molecule has 14 heavy (non-hydrogen) atoms. The van der Waals surface area contributed by atoms with Gasteiger partial charge in [-0.15, -0.1) is 0 Å². The summed E-state index contributed by atoms with van der Waals surface area (Å²) < 4.78 is 0. The largest absolute Gasteiger partial charge is 0.378 e. The van der Waals surface area contributed by atoms with Crippen molar-refractivity contribution in [1.29, 1.82) is 0 Å². The van der Waals surface area contributed by atoms with Gasteiger partial charge in [-0.2, -0.15) is 5.10 Å². The van der Waals surface area contributed by atoms with E-state index in [2.05, 4.69) is 15.5 Å². The molecule has 0 saturated heterocycles. The van der Waals surface area contributed by atoms with Crippen molar-refractivity contribution < 1.29 is 0 Å². The fraction of sp³-hybridized carbons (Fsp3) is 0.100. The summed E-state index contributed by atoms with van der Waals surface area (Å²) in [6.07, 6.45) is 1.73. The van der Waals surface area contributed by atoms with E-state index < -0.39 is 0 Å². The summed E-state index contributed by atoms with van der Waals surface area (Å²) in [4.78, 5) is 0. The molecule has 0 aliphatic rings. The van der Waals surface area contributed by atoms with Gasteiger partial charge < -0.3 is 5.32 Å². The molecule has 3 nitrogen and oxygen atoms in total. The standard InChI is InChI=1S/C10H10ClN3/c11-9-3-1-2-4-10(9)12-7-8-5-6-13-14-8/h1-6,12H,7H2,(H,13,14). The molecule has 0 saturated carbocycles. The average molecular weight is 208 g/mol. The van der Waals surface area contributed by atoms with Gasteiger partial charge in [0.2, 0.25) is 0 Å². The second-order valence-corrected chi connectivity index (χ2v) is 3.32. The molecule has 72 valence electrons. The highest BCUT2D eigenvalue weighted by Gasteiger charge is 1.98. The van der Waals surface area contributed by atoms with E-state index in [9.17, 15) is 0 Å². The minimum absolute atomic E-state index is 0.698. The van der Waals surface area contributed by atoms with Crippen LogP contribution in [-0.4, -0.2) is 10.2 Å². The van der Waals surface area contributed by atoms with E-state index in [0.29, 0.717) is 6.54 Å². The first-order chi connectivity index (χ1) is 6.86. The quantitative estimate of drug-likeness (QED) is 0.813. The number of anilines is 1. The van der Waals surface area contributed by atoms with Crippen molar-refractivity contribution in [3.05, 3.63) is 47.2 Å². The molecular formula is C10H10ClN3. The number of aromatic nitrogens is 2. The number of nitrogens with one attached hydrogen (secondary N) is 2. The SMILES string of the molecule is Clc1ccccc1NCc1ccn[nH]1. The summed E-state index contributed by atoms with van der Waals surface area (Å²) in [7, 11) is 0. The molecule has 1 aromatic carbocycles. The molecule has 0 bridgehead atoms. The van der Waals surface area contributed by atoms with E-state index in [4.69, 9.17) is 11.6 Å². The number of para-hydroxylation sites is 1. The third kappa shape index (κ3) is 2.06. The first-order valence-electron chi connectivity index (χ1n) is 4.33. The Kier molecular flexibility index (Phi) is 2.70. The van der Waals surface area contributed by atoms with Gasteiger partial charge >= 0.3 is 0 Å². The Labute approximate surface area is 87.1 Å². The lowest BCUT2D eigenvalue weighted by atomic mass is 10.3. The van der Waals surface area contributed by atoms with Crippen molar-refractivity contribution in [3.63, 3.8) is 0 Å². The van der Waals surface area contributed by atoms with E-state index in [1.807, 2.05) is 30.3 Å². The number of nitrogens with zero attached hydrogens (tertiary/aromatic N) is 1. The van der Waals surface area contributed by atoms with Gasteiger partial charge in [-0.05, 0) is 18.2 Å². The summed E-state index contributed by atoms with van der Waals surface area (Å²) in [5, 5.41) is 10.7. The zero-order chi connectivity index (χ0) is 9.80. The van der Waals surface area contributed by atoms with Crippen molar-refractivity contribution in [1.82, 2.24) is 10.2 Å². The van der Waals surface area contributed by atoms with E-state index in [1.54, 1.807) is 6.20 Å². The van der Waals surface area contributed by atoms with Crippen LogP contribution in [0.1, 0.15) is 5.69 Å². The molecule has 0 fully saturated rings. The molecule has 2 aromatic rings. The molecule has 0 aliphatic heterocycles. The fourth-order valence-electron chi connectivity index (χ4n) is 1.18. The molecule has 0 spiro atoms. The van der Waals surface area contributed by atoms with Crippen molar-refractivity contribution in [2.24, 2.45) is 0 Å². The van der Waals surface area contributed by atoms with Gasteiger partial charge in [-0.25, -0.2) is 0 Å². The summed E-state index contributed by atoms with van der Waals surface area (Å²) >= 11 is 5.98. The number of hydrogen-bond acceptors (Lipinski definition) is 2. The molecule has 0 radical (unpaired) electrons. The normalized spacial score (nSPS) is 10.1. The molecule has 0 aliphatic carbocycles. The van der Waals surface area contributed by atoms with Crippen LogP contribution in [0.5, 0.6) is 0 Å². The van der Waals surface area contributed by atoms with Gasteiger partial charge in [0.25, 0.3) is 0 Å². The zero-order valence-electron chi connectivity index (χ0n) is 7.50. The second-order valence-electron chi connectivity index (χ2n) is 2.92. The molecular weight excluding hydrogens is 198 g/mol. The Balaban J connectivity index is 2.02. The summed E-state index contributed by atoms with van der Waals surface area (Å²) in [6, 6.07) is 9.57. The Morgan fingerprint density at radius 1 is 1.29 bits per heavy atom. The second kappa shape index (κ2) is 4.15. The van der Waals surface area contributed by atoms with E-state index >= 15 is 0 Å². The number of hydrogen-bond donors (Lipinski definition) is 2. The summed E-state index contributed by atoms with van der Waals surface area (Å²) in [5.74, 6) is 0. The third-order valence-electron chi connectivity index (χ3n) is 1.90. The maximum Gasteiger partial charge on any atom is 0.0637 e. The molecule has 2 N–H and O–H groups in total. The van der Waals surface area contributed by atoms with Crippen LogP contribution in [0.25, 0.3) is 0 Å². The van der Waals surface area contributed by atoms with E-state index in [0.717, 1.165) is 16.4 Å². The number of rotatable bonds is 3. The summed E-state index contributed by atoms with van der Waals surface area (Å²) in [6.45, 7) is 0.698. The number of halogens is 1. The zero-order valence-corrected chi connectivity index (χ0v) is 8.25. The lowest BCUT2D eigenvalue weighted by molar-refractivity contribution is 0.981. The van der Waals surface area contributed by atoms with Crippen molar-refractivity contribution in [2.45, 2.75) is 6.54 Å². The molecule has 4 heteroatoms. The van der Waals surface area contributed by atoms with Crippen LogP contribution < -0.4 is 5.32 Å². The minimum Gasteiger partial charge on any atom is -0.378 e. The van der Waals surface area contributed by atoms with Crippen molar-refractivity contribution >= 4 is 17.3 Å². The predicted octanol–water partition coefficient (Wildman–Crippen LogP) is 2.68. The van der Waals surface area contributed by atoms with Crippen LogP contribution in [0.2, 0.25) is 5.02 Å². The van der Waals surface area contributed by atoms with Crippen molar-refractivity contribution in [2.75, 3.05) is 5.32 Å². The van der Waals surface area contributed by atoms with Gasteiger partial charge in [0, 0.05) is 6.20 Å². The Hall–Kier alpha value is -1.48. The third-order valence-corrected chi connectivity index (χ3v) is 2.23. The topological polar surface area (TPSA) is 40.7 Å². The van der Waals surface area contributed by atoms with Gasteiger partial charge in [0.05, 0.1) is 22.9 Å². The highest BCUT2D eigenvalue weighted by molar-refractivity contribution is 6.33. The van der Waals surface area contributed by atoms with Crippen LogP contribution in [-0.2, 0) is 6.54 Å². The van der Waals surface area contributed by atoms with Crippen LogP contribution in [0.3, 0.4) is 0 Å². The number of benzene rings is 1. The van der Waals surface area contributed by atoms with Crippen LogP contribution in [0.15, 0.2) is 36.5 Å². The monoisotopic (exact) mass is 207 g/mol. The highest BCUT2D eigenvalue weighted by Crippen LogP contribution is 2.20. The van der Waals surface area contributed by atoms with Crippen LogP contribution in [0, 0.1) is 0 Å². The smallest absolute Gasteiger partial charge is 0.0637 e. The number of aromatic amines is 1. The predicted molar refractivity (Wildman–Crippen MR) is 57.4 cm³/mol. The Morgan fingerprint density at radius 2 is 2.14 bits per heavy atom. The molecule has 0 unspecified atom stereocenters. The minimum atomic E-state index is 0.698. The first-order valence-corrected chi connectivity index (χ1v) is 4.71.